The SMILES string of the molecule is CC[C@H](c1cccnc1N)N1CCOc2c(S(F)(F)(F)(F)F)c(-c3ccc(F)c4sc(N)c(C#N)c34)c(F)c3nc(OC[C@@]45CCCN4C[C@H](F)C5)nc1c23. The summed E-state index contributed by atoms with van der Waals surface area (Å²) >= 11 is 0.489. The van der Waals surface area contributed by atoms with Crippen molar-refractivity contribution < 1.29 is 42.1 Å². The van der Waals surface area contributed by atoms with Crippen LogP contribution < -0.4 is 25.8 Å². The standard InChI is InChI=1S/C35H32F8N8O2S2/c1-2-22(18-5-3-9-47-31(18)45)51-11-12-52-28-25-27(48-34(49-33(25)51)53-16-35-8-4-10-50(35)15-17(36)13-35)26(38)24(30(28)55(39,40,41,42)43)19-6-7-21(37)29-23(19)20(14-44)32(46)54-29/h3,5-7,9,17,22H,2,4,8,10-13,15-16,46H2,1H3,(H2,45,47)/t17-,22-,35+/m1/s1. The first-order valence-electron chi connectivity index (χ1n) is 17.2. The lowest BCUT2D eigenvalue weighted by atomic mass is 9.95. The highest BCUT2D eigenvalue weighted by Crippen LogP contribution is 3.04. The summed E-state index contributed by atoms with van der Waals surface area (Å²) in [6.45, 7) is 1.46. The van der Waals surface area contributed by atoms with Crippen LogP contribution in [0.1, 0.15) is 49.8 Å². The fourth-order valence-corrected chi connectivity index (χ4v) is 10.4. The molecule has 2 saturated heterocycles. The van der Waals surface area contributed by atoms with Crippen molar-refractivity contribution in [2.75, 3.05) is 49.2 Å². The zero-order chi connectivity index (χ0) is 39.3. The molecule has 4 N–H and O–H groups in total. The van der Waals surface area contributed by atoms with E-state index in [1.54, 1.807) is 25.1 Å². The van der Waals surface area contributed by atoms with E-state index in [0.717, 1.165) is 6.42 Å². The Morgan fingerprint density at radius 2 is 1.91 bits per heavy atom. The van der Waals surface area contributed by atoms with Crippen LogP contribution >= 0.6 is 21.6 Å². The molecule has 2 aromatic carbocycles. The van der Waals surface area contributed by atoms with Crippen LogP contribution in [-0.4, -0.2) is 64.4 Å². The Morgan fingerprint density at radius 1 is 1.13 bits per heavy atom. The summed E-state index contributed by atoms with van der Waals surface area (Å²) in [5.41, 5.74) is 7.79. The van der Waals surface area contributed by atoms with Crippen LogP contribution in [0, 0.1) is 23.0 Å². The number of nitrogen functional groups attached to an aromatic ring is 2. The molecular weight excluding hydrogens is 781 g/mol. The number of alkyl halides is 1. The smallest absolute Gasteiger partial charge is 0.319 e. The quantitative estimate of drug-likeness (QED) is 0.146. The van der Waals surface area contributed by atoms with E-state index in [1.165, 1.54) is 11.1 Å². The van der Waals surface area contributed by atoms with Crippen molar-refractivity contribution >= 4 is 59.2 Å². The Bertz CT molecular complexity index is 2460. The van der Waals surface area contributed by atoms with Gasteiger partial charge in [0.2, 0.25) is 0 Å². The predicted octanol–water partition coefficient (Wildman–Crippen LogP) is 9.18. The number of benzene rings is 2. The maximum absolute atomic E-state index is 17.5. The molecule has 3 aliphatic heterocycles. The van der Waals surface area contributed by atoms with Gasteiger partial charge in [0.15, 0.2) is 16.5 Å². The van der Waals surface area contributed by atoms with E-state index in [0.29, 0.717) is 42.0 Å². The van der Waals surface area contributed by atoms with Crippen molar-refractivity contribution in [3.05, 3.63) is 53.2 Å². The number of halogens is 8. The molecule has 55 heavy (non-hydrogen) atoms. The molecule has 8 rings (SSSR count). The Kier molecular flexibility index (Phi) is 8.13. The molecule has 6 heterocycles. The van der Waals surface area contributed by atoms with Crippen LogP contribution in [0.25, 0.3) is 32.1 Å². The molecule has 3 aromatic heterocycles. The Morgan fingerprint density at radius 3 is 2.62 bits per heavy atom. The van der Waals surface area contributed by atoms with E-state index >= 15 is 28.2 Å². The summed E-state index contributed by atoms with van der Waals surface area (Å²) in [4.78, 5) is 13.4. The highest BCUT2D eigenvalue weighted by atomic mass is 32.5. The van der Waals surface area contributed by atoms with Crippen molar-refractivity contribution in [1.29, 1.82) is 5.26 Å². The lowest BCUT2D eigenvalue weighted by molar-refractivity contribution is 0.107. The molecule has 0 aliphatic carbocycles. The molecule has 2 fully saturated rings. The third-order valence-electron chi connectivity index (χ3n) is 10.6. The summed E-state index contributed by atoms with van der Waals surface area (Å²) in [6, 6.07) is 4.92. The van der Waals surface area contributed by atoms with Gasteiger partial charge < -0.3 is 25.8 Å². The second kappa shape index (κ2) is 12.1. The Hall–Kier alpha value is -4.87. The lowest BCUT2D eigenvalue weighted by Crippen LogP contribution is -2.43. The first-order valence-corrected chi connectivity index (χ1v) is 20.0. The summed E-state index contributed by atoms with van der Waals surface area (Å²) in [6.07, 6.45) is 1.97. The average molecular weight is 813 g/mol. The molecular formula is C35H32F8N8O2S2. The summed E-state index contributed by atoms with van der Waals surface area (Å²) < 4.78 is 137. The number of rotatable bonds is 8. The fraction of sp³-hybridized carbons (Fsp3) is 0.371. The van der Waals surface area contributed by atoms with Gasteiger partial charge >= 0.3 is 16.2 Å². The molecule has 0 amide bonds. The number of anilines is 3. The number of nitriles is 1. The third kappa shape index (κ3) is 5.98. The molecule has 10 nitrogen and oxygen atoms in total. The maximum atomic E-state index is 17.5. The van der Waals surface area contributed by atoms with Gasteiger partial charge in [0, 0.05) is 35.7 Å². The molecule has 0 radical (unpaired) electrons. The minimum absolute atomic E-state index is 0.0711. The van der Waals surface area contributed by atoms with Gasteiger partial charge in [-0.15, -0.1) is 11.3 Å². The maximum Gasteiger partial charge on any atom is 0.319 e. The van der Waals surface area contributed by atoms with E-state index in [-0.39, 0.29) is 43.4 Å². The van der Waals surface area contributed by atoms with Gasteiger partial charge in [0.1, 0.15) is 53.4 Å². The number of hydrogen-bond donors (Lipinski definition) is 2. The van der Waals surface area contributed by atoms with Gasteiger partial charge in [0.05, 0.1) is 33.8 Å². The van der Waals surface area contributed by atoms with Gasteiger partial charge in [0.25, 0.3) is 0 Å². The van der Waals surface area contributed by atoms with Crippen LogP contribution in [-0.2, 0) is 0 Å². The highest BCUT2D eigenvalue weighted by molar-refractivity contribution is 8.46. The largest absolute Gasteiger partial charge is 0.489 e. The zero-order valence-electron chi connectivity index (χ0n) is 28.9. The van der Waals surface area contributed by atoms with E-state index in [1.807, 2.05) is 4.90 Å². The van der Waals surface area contributed by atoms with E-state index in [2.05, 4.69) is 15.0 Å². The lowest BCUT2D eigenvalue weighted by Gasteiger charge is -2.42. The first kappa shape index (κ1) is 37.1. The molecule has 3 atom stereocenters. The van der Waals surface area contributed by atoms with Gasteiger partial charge in [-0.05, 0) is 43.5 Å². The van der Waals surface area contributed by atoms with E-state index in [4.69, 9.17) is 20.9 Å². The van der Waals surface area contributed by atoms with Crippen LogP contribution in [0.2, 0.25) is 0 Å². The van der Waals surface area contributed by atoms with Crippen molar-refractivity contribution in [3.63, 3.8) is 0 Å². The molecule has 5 aromatic rings. The van der Waals surface area contributed by atoms with E-state index < -0.39 is 106 Å². The van der Waals surface area contributed by atoms with Gasteiger partial charge in [-0.3, -0.25) is 4.90 Å². The van der Waals surface area contributed by atoms with Gasteiger partial charge in [-0.1, -0.05) is 38.5 Å². The Labute approximate surface area is 312 Å². The number of ether oxygens (including phenoxy) is 2. The van der Waals surface area contributed by atoms with Crippen molar-refractivity contribution in [3.8, 4) is 29.0 Å². The summed E-state index contributed by atoms with van der Waals surface area (Å²) in [5, 5.41) is 8.14. The van der Waals surface area contributed by atoms with Crippen LogP contribution in [0.4, 0.5) is 49.2 Å². The molecule has 3 aliphatic rings. The topological polar surface area (TPSA) is 139 Å². The molecule has 0 unspecified atom stereocenters. The number of nitrogens with two attached hydrogens (primary N) is 2. The summed E-state index contributed by atoms with van der Waals surface area (Å²) in [5.74, 6) is -4.73. The number of pyridine rings is 1. The van der Waals surface area contributed by atoms with Crippen molar-refractivity contribution in [2.45, 2.75) is 55.3 Å². The van der Waals surface area contributed by atoms with Crippen molar-refractivity contribution in [1.82, 2.24) is 19.9 Å². The van der Waals surface area contributed by atoms with Crippen LogP contribution in [0.5, 0.6) is 11.8 Å². The second-order valence-electron chi connectivity index (χ2n) is 13.9. The highest BCUT2D eigenvalue weighted by Gasteiger charge is 2.69. The number of thiophene rings is 1. The number of nitrogens with zero attached hydrogens (tertiary/aromatic N) is 6. The number of hydrogen-bond acceptors (Lipinski definition) is 11. The van der Waals surface area contributed by atoms with Gasteiger partial charge in [-0.25, -0.2) is 18.2 Å². The average Bonchev–Trinajstić information content (AvgIpc) is 3.72. The zero-order valence-corrected chi connectivity index (χ0v) is 30.5. The number of fused-ring (bicyclic) bond motifs is 2. The molecule has 292 valence electrons. The predicted molar refractivity (Wildman–Crippen MR) is 194 cm³/mol. The van der Waals surface area contributed by atoms with E-state index in [9.17, 15) is 9.65 Å². The fourth-order valence-electron chi connectivity index (χ4n) is 8.39. The minimum Gasteiger partial charge on any atom is -0.489 e. The Balaban J connectivity index is 1.47. The first-order chi connectivity index (χ1) is 25.9. The minimum atomic E-state index is -11.0. The molecule has 0 saturated carbocycles. The van der Waals surface area contributed by atoms with Crippen molar-refractivity contribution in [2.24, 2.45) is 0 Å². The molecule has 20 heteroatoms. The second-order valence-corrected chi connectivity index (χ2v) is 17.3. The third-order valence-corrected chi connectivity index (χ3v) is 12.8. The number of aromatic nitrogens is 3. The monoisotopic (exact) mass is 812 g/mol. The molecule has 0 bridgehead atoms. The van der Waals surface area contributed by atoms with Gasteiger partial charge in [-0.2, -0.15) is 15.2 Å². The van der Waals surface area contributed by atoms with Crippen LogP contribution in [0.15, 0.2) is 35.4 Å². The van der Waals surface area contributed by atoms with Crippen LogP contribution in [0.3, 0.4) is 0 Å². The molecule has 0 spiro atoms. The normalized spacial score (nSPS) is 21.8. The summed E-state index contributed by atoms with van der Waals surface area (Å²) in [7, 11) is -11.0.